The van der Waals surface area contributed by atoms with Crippen LogP contribution in [0.5, 0.6) is 0 Å². The highest BCUT2D eigenvalue weighted by Gasteiger charge is 2.45. The molecule has 14 heteroatoms. The number of ether oxygens (including phenoxy) is 4. The largest absolute Gasteiger partial charge is 0.459 e. The Hall–Kier alpha value is -6.19. The third-order valence-electron chi connectivity index (χ3n) is 7.98. The zero-order valence-corrected chi connectivity index (χ0v) is 31.0. The molecule has 5 aromatic carbocycles. The standard InChI is InChI=1S/C42H39NO12S/c1-56(48,49)55-36(29-50-39(44)31-19-9-3-10-20-31)38(54-42(47)34-25-15-6-16-26-34)37(53-41(46)33-23-13-5-14-24-33)35(52-40(45)32-21-11-4-12-22-32)27-43-51-28-30-17-7-2-8-18-30/h2-26,35-38,43H,27-29H2,1H3/t35-,36+,37+,38-/m0/s1. The molecule has 1 N–H and O–H groups in total. The van der Waals surface area contributed by atoms with Gasteiger partial charge in [-0.2, -0.15) is 13.9 Å². The lowest BCUT2D eigenvalue weighted by Crippen LogP contribution is -2.55. The molecule has 290 valence electrons. The summed E-state index contributed by atoms with van der Waals surface area (Å²) in [5.74, 6) is -3.68. The molecule has 0 aliphatic heterocycles. The van der Waals surface area contributed by atoms with Crippen LogP contribution >= 0.6 is 0 Å². The molecule has 0 fully saturated rings. The summed E-state index contributed by atoms with van der Waals surface area (Å²) in [6, 6.07) is 40.3. The molecule has 0 amide bonds. The van der Waals surface area contributed by atoms with E-state index in [1.165, 1.54) is 48.5 Å². The first-order valence-corrected chi connectivity index (χ1v) is 19.2. The van der Waals surface area contributed by atoms with Crippen LogP contribution in [0.15, 0.2) is 152 Å². The van der Waals surface area contributed by atoms with Gasteiger partial charge in [0.25, 0.3) is 10.1 Å². The zero-order valence-electron chi connectivity index (χ0n) is 30.2. The first-order chi connectivity index (χ1) is 27.1. The third kappa shape index (κ3) is 12.7. The van der Waals surface area contributed by atoms with Crippen LogP contribution in [-0.2, 0) is 44.7 Å². The second kappa shape index (κ2) is 20.5. The molecule has 0 saturated carbocycles. The van der Waals surface area contributed by atoms with Crippen LogP contribution in [0.2, 0.25) is 0 Å². The number of carbonyl (C=O) groups excluding carboxylic acids is 4. The van der Waals surface area contributed by atoms with E-state index in [4.69, 9.17) is 28.0 Å². The number of benzene rings is 5. The Bertz CT molecular complexity index is 2120. The Balaban J connectivity index is 1.59. The van der Waals surface area contributed by atoms with Crippen molar-refractivity contribution < 1.29 is 55.6 Å². The van der Waals surface area contributed by atoms with Gasteiger partial charge in [0.1, 0.15) is 6.61 Å². The minimum absolute atomic E-state index is 0.0344. The minimum Gasteiger partial charge on any atom is -0.459 e. The number of hydrogen-bond acceptors (Lipinski definition) is 13. The normalized spacial score (nSPS) is 13.3. The van der Waals surface area contributed by atoms with E-state index in [0.29, 0.717) is 0 Å². The van der Waals surface area contributed by atoms with Crippen molar-refractivity contribution in [2.45, 2.75) is 31.0 Å². The van der Waals surface area contributed by atoms with Gasteiger partial charge in [0.05, 0.1) is 41.7 Å². The van der Waals surface area contributed by atoms with E-state index in [1.807, 2.05) is 30.3 Å². The Kier molecular flexibility index (Phi) is 15.0. The molecule has 56 heavy (non-hydrogen) atoms. The molecule has 5 rings (SSSR count). The molecule has 0 aromatic heterocycles. The molecule has 0 aliphatic carbocycles. The monoisotopic (exact) mass is 781 g/mol. The molecule has 0 radical (unpaired) electrons. The van der Waals surface area contributed by atoms with Gasteiger partial charge in [0, 0.05) is 0 Å². The van der Waals surface area contributed by atoms with Crippen molar-refractivity contribution in [2.75, 3.05) is 19.4 Å². The van der Waals surface area contributed by atoms with Crippen molar-refractivity contribution >= 4 is 34.0 Å². The van der Waals surface area contributed by atoms with Crippen LogP contribution in [0.25, 0.3) is 0 Å². The summed E-state index contributed by atoms with van der Waals surface area (Å²) < 4.78 is 54.6. The van der Waals surface area contributed by atoms with Crippen molar-refractivity contribution in [1.82, 2.24) is 5.48 Å². The Morgan fingerprint density at radius 3 is 1.32 bits per heavy atom. The van der Waals surface area contributed by atoms with Gasteiger partial charge >= 0.3 is 23.9 Å². The van der Waals surface area contributed by atoms with Gasteiger partial charge in [-0.3, -0.25) is 9.02 Å². The van der Waals surface area contributed by atoms with E-state index < -0.39 is 71.6 Å². The highest BCUT2D eigenvalue weighted by atomic mass is 32.2. The van der Waals surface area contributed by atoms with Crippen LogP contribution in [0.1, 0.15) is 47.0 Å². The molecule has 0 heterocycles. The quantitative estimate of drug-likeness (QED) is 0.0362. The fraction of sp³-hybridized carbons (Fsp3) is 0.190. The highest BCUT2D eigenvalue weighted by molar-refractivity contribution is 7.86. The van der Waals surface area contributed by atoms with Crippen molar-refractivity contribution in [2.24, 2.45) is 0 Å². The molecular weight excluding hydrogens is 743 g/mol. The van der Waals surface area contributed by atoms with Crippen molar-refractivity contribution in [1.29, 1.82) is 0 Å². The second-order valence-corrected chi connectivity index (χ2v) is 13.8. The van der Waals surface area contributed by atoms with Crippen LogP contribution in [0.4, 0.5) is 0 Å². The topological polar surface area (TPSA) is 170 Å². The SMILES string of the molecule is CS(=O)(=O)O[C@H](COC(=O)c1ccccc1)[C@H](OC(=O)c1ccccc1)[C@H](OC(=O)c1ccccc1)[C@H](CNOCc1ccccc1)OC(=O)c1ccccc1. The summed E-state index contributed by atoms with van der Waals surface area (Å²) in [6.45, 7) is -1.16. The summed E-state index contributed by atoms with van der Waals surface area (Å²) in [7, 11) is -4.41. The van der Waals surface area contributed by atoms with E-state index in [2.05, 4.69) is 5.48 Å². The zero-order chi connectivity index (χ0) is 39.8. The summed E-state index contributed by atoms with van der Waals surface area (Å²) in [4.78, 5) is 60.1. The molecule has 0 aliphatic rings. The maximum atomic E-state index is 13.9. The predicted molar refractivity (Wildman–Crippen MR) is 203 cm³/mol. The summed E-state index contributed by atoms with van der Waals surface area (Å²) >= 11 is 0. The van der Waals surface area contributed by atoms with Gasteiger partial charge < -0.3 is 18.9 Å². The lowest BCUT2D eigenvalue weighted by molar-refractivity contribution is -0.128. The number of rotatable bonds is 19. The fourth-order valence-corrected chi connectivity index (χ4v) is 5.93. The fourth-order valence-electron chi connectivity index (χ4n) is 5.31. The van der Waals surface area contributed by atoms with Crippen LogP contribution in [0, 0.1) is 0 Å². The van der Waals surface area contributed by atoms with Gasteiger partial charge in [-0.1, -0.05) is 103 Å². The summed E-state index contributed by atoms with van der Waals surface area (Å²) in [5.41, 5.74) is 3.86. The summed E-state index contributed by atoms with van der Waals surface area (Å²) in [6.07, 6.45) is -6.44. The first kappa shape index (κ1) is 41.0. The number of esters is 4. The van der Waals surface area contributed by atoms with Crippen LogP contribution < -0.4 is 5.48 Å². The molecule has 13 nitrogen and oxygen atoms in total. The first-order valence-electron chi connectivity index (χ1n) is 17.3. The van der Waals surface area contributed by atoms with E-state index in [-0.39, 0.29) is 28.9 Å². The lowest BCUT2D eigenvalue weighted by atomic mass is 10.0. The number of carbonyl (C=O) groups is 4. The average Bonchev–Trinajstić information content (AvgIpc) is 3.22. The predicted octanol–water partition coefficient (Wildman–Crippen LogP) is 5.59. The summed E-state index contributed by atoms with van der Waals surface area (Å²) in [5, 5.41) is 0. The van der Waals surface area contributed by atoms with E-state index in [1.54, 1.807) is 72.8 Å². The van der Waals surface area contributed by atoms with Gasteiger partial charge in [0.15, 0.2) is 24.4 Å². The molecule has 0 spiro atoms. The Morgan fingerprint density at radius 1 is 0.518 bits per heavy atom. The Morgan fingerprint density at radius 2 is 0.893 bits per heavy atom. The number of hydroxylamine groups is 1. The maximum absolute atomic E-state index is 13.9. The van der Waals surface area contributed by atoms with Crippen molar-refractivity contribution in [3.05, 3.63) is 179 Å². The maximum Gasteiger partial charge on any atom is 0.338 e. The van der Waals surface area contributed by atoms with Gasteiger partial charge in [-0.25, -0.2) is 19.2 Å². The average molecular weight is 782 g/mol. The molecule has 0 bridgehead atoms. The Labute approximate surface area is 324 Å². The second-order valence-electron chi connectivity index (χ2n) is 12.2. The third-order valence-corrected chi connectivity index (χ3v) is 8.58. The highest BCUT2D eigenvalue weighted by Crippen LogP contribution is 2.24. The van der Waals surface area contributed by atoms with Crippen LogP contribution in [0.3, 0.4) is 0 Å². The van der Waals surface area contributed by atoms with Gasteiger partial charge in [-0.15, -0.1) is 0 Å². The minimum atomic E-state index is -4.41. The van der Waals surface area contributed by atoms with Crippen molar-refractivity contribution in [3.8, 4) is 0 Å². The molecule has 0 unspecified atom stereocenters. The van der Waals surface area contributed by atoms with Crippen LogP contribution in [-0.4, -0.2) is 76.1 Å². The van der Waals surface area contributed by atoms with E-state index >= 15 is 0 Å². The van der Waals surface area contributed by atoms with Crippen molar-refractivity contribution in [3.63, 3.8) is 0 Å². The van der Waals surface area contributed by atoms with Gasteiger partial charge in [-0.05, 0) is 54.1 Å². The number of nitrogens with one attached hydrogen (secondary N) is 1. The van der Waals surface area contributed by atoms with Gasteiger partial charge in [0.2, 0.25) is 0 Å². The van der Waals surface area contributed by atoms with E-state index in [9.17, 15) is 27.6 Å². The molecule has 4 atom stereocenters. The molecular formula is C42H39NO12S. The number of hydrogen-bond donors (Lipinski definition) is 1. The lowest BCUT2D eigenvalue weighted by Gasteiger charge is -2.35. The smallest absolute Gasteiger partial charge is 0.338 e. The van der Waals surface area contributed by atoms with E-state index in [0.717, 1.165) is 11.8 Å². The molecule has 5 aromatic rings. The molecule has 0 saturated heterocycles.